The highest BCUT2D eigenvalue weighted by molar-refractivity contribution is 5.39. The third kappa shape index (κ3) is 1.18. The maximum absolute atomic E-state index is 2.36. The molecule has 0 nitrogen and oxygen atoms in total. The molecule has 1 atom stereocenters. The lowest BCUT2D eigenvalue weighted by molar-refractivity contribution is 0.877. The van der Waals surface area contributed by atoms with Crippen molar-refractivity contribution < 1.29 is 0 Å². The molecule has 12 heavy (non-hydrogen) atoms. The van der Waals surface area contributed by atoms with E-state index in [0.717, 1.165) is 6.42 Å². The normalized spacial score (nSPS) is 21.5. The fraction of sp³-hybridized carbons (Fsp3) is 0.333. The molecule has 0 saturated heterocycles. The lowest BCUT2D eigenvalue weighted by Gasteiger charge is -2.19. The van der Waals surface area contributed by atoms with E-state index >= 15 is 0 Å². The molecule has 0 heterocycles. The van der Waals surface area contributed by atoms with Gasteiger partial charge in [-0.1, -0.05) is 42.8 Å². The Bertz CT molecular complexity index is 321. The van der Waals surface area contributed by atoms with Gasteiger partial charge in [-0.05, 0) is 30.4 Å². The zero-order chi connectivity index (χ0) is 8.55. The van der Waals surface area contributed by atoms with Crippen molar-refractivity contribution in [1.29, 1.82) is 0 Å². The minimum Gasteiger partial charge on any atom is -0.0780 e. The van der Waals surface area contributed by atoms with Gasteiger partial charge in [0.15, 0.2) is 0 Å². The number of rotatable bonds is 0. The largest absolute Gasteiger partial charge is 0.0780 e. The van der Waals surface area contributed by atoms with Gasteiger partial charge in [-0.3, -0.25) is 0 Å². The van der Waals surface area contributed by atoms with Gasteiger partial charge < -0.3 is 0 Å². The quantitative estimate of drug-likeness (QED) is 0.508. The summed E-state index contributed by atoms with van der Waals surface area (Å²) in [5, 5.41) is 0. The van der Waals surface area contributed by atoms with Crippen molar-refractivity contribution in [3.05, 3.63) is 47.0 Å². The molecule has 0 radical (unpaired) electrons. The lowest BCUT2D eigenvalue weighted by atomic mass is 9.86. The van der Waals surface area contributed by atoms with Gasteiger partial charge in [-0.15, -0.1) is 0 Å². The molecule has 0 spiro atoms. The van der Waals surface area contributed by atoms with E-state index in [4.69, 9.17) is 0 Å². The Kier molecular flexibility index (Phi) is 1.76. The zero-order valence-corrected chi connectivity index (χ0v) is 7.67. The summed E-state index contributed by atoms with van der Waals surface area (Å²) >= 11 is 0. The fourth-order valence-electron chi connectivity index (χ4n) is 2.02. The third-order valence-electron chi connectivity index (χ3n) is 2.55. The zero-order valence-electron chi connectivity index (χ0n) is 7.67. The summed E-state index contributed by atoms with van der Waals surface area (Å²) in [5.41, 5.74) is 4.51. The second-order valence-corrected chi connectivity index (χ2v) is 3.68. The summed E-state index contributed by atoms with van der Waals surface area (Å²) in [4.78, 5) is 0. The van der Waals surface area contributed by atoms with Crippen LogP contribution in [0, 0.1) is 0 Å². The fourth-order valence-corrected chi connectivity index (χ4v) is 2.02. The average Bonchev–Trinajstić information content (AvgIpc) is 2.04. The van der Waals surface area contributed by atoms with Gasteiger partial charge in [0.05, 0.1) is 0 Å². The highest BCUT2D eigenvalue weighted by atomic mass is 14.2. The molecule has 1 aliphatic rings. The Hall–Kier alpha value is -1.04. The molecule has 0 saturated carbocycles. The Balaban J connectivity index is 2.48. The summed E-state index contributed by atoms with van der Waals surface area (Å²) in [6.45, 7) is 4.48. The van der Waals surface area contributed by atoms with Gasteiger partial charge in [0.1, 0.15) is 0 Å². The van der Waals surface area contributed by atoms with Crippen LogP contribution in [-0.2, 0) is 6.42 Å². The van der Waals surface area contributed by atoms with Crippen LogP contribution in [0.15, 0.2) is 35.9 Å². The van der Waals surface area contributed by atoms with Crippen molar-refractivity contribution in [1.82, 2.24) is 0 Å². The first-order valence-corrected chi connectivity index (χ1v) is 4.52. The predicted molar refractivity (Wildman–Crippen MR) is 52.3 cm³/mol. The minimum atomic E-state index is 0.606. The molecule has 0 bridgehead atoms. The summed E-state index contributed by atoms with van der Waals surface area (Å²) in [6.07, 6.45) is 3.50. The second kappa shape index (κ2) is 2.78. The Labute approximate surface area is 73.9 Å². The molecule has 0 aromatic heterocycles. The van der Waals surface area contributed by atoms with Gasteiger partial charge >= 0.3 is 0 Å². The van der Waals surface area contributed by atoms with Crippen LogP contribution in [0.2, 0.25) is 0 Å². The summed E-state index contributed by atoms with van der Waals surface area (Å²) in [6, 6.07) is 8.74. The monoisotopic (exact) mass is 158 g/mol. The molecule has 1 aliphatic carbocycles. The van der Waals surface area contributed by atoms with Crippen molar-refractivity contribution >= 4 is 0 Å². The maximum atomic E-state index is 2.36. The number of hydrogen-bond acceptors (Lipinski definition) is 0. The van der Waals surface area contributed by atoms with E-state index in [2.05, 4.69) is 44.2 Å². The van der Waals surface area contributed by atoms with Crippen molar-refractivity contribution in [2.24, 2.45) is 0 Å². The van der Waals surface area contributed by atoms with E-state index in [1.807, 2.05) is 0 Å². The third-order valence-corrected chi connectivity index (χ3v) is 2.55. The Morgan fingerprint density at radius 2 is 2.00 bits per heavy atom. The first kappa shape index (κ1) is 7.60. The van der Waals surface area contributed by atoms with E-state index in [1.165, 1.54) is 16.7 Å². The molecular formula is C12H14. The second-order valence-electron chi connectivity index (χ2n) is 3.68. The topological polar surface area (TPSA) is 0 Å². The van der Waals surface area contributed by atoms with Crippen LogP contribution in [0.25, 0.3) is 0 Å². The summed E-state index contributed by atoms with van der Waals surface area (Å²) < 4.78 is 0. The minimum absolute atomic E-state index is 0.606. The van der Waals surface area contributed by atoms with Crippen molar-refractivity contribution in [2.45, 2.75) is 26.2 Å². The number of fused-ring (bicyclic) bond motifs is 1. The molecule has 0 fully saturated rings. The molecular weight excluding hydrogens is 144 g/mol. The SMILES string of the molecule is CC1=CC(C)c2ccccc2C1. The molecule has 0 heteroatoms. The van der Waals surface area contributed by atoms with Gasteiger partial charge in [-0.25, -0.2) is 0 Å². The first-order valence-electron chi connectivity index (χ1n) is 4.52. The number of benzene rings is 1. The highest BCUT2D eigenvalue weighted by Crippen LogP contribution is 2.28. The highest BCUT2D eigenvalue weighted by Gasteiger charge is 2.12. The smallest absolute Gasteiger partial charge is 0.000490 e. The molecule has 0 aliphatic heterocycles. The molecule has 1 aromatic rings. The van der Waals surface area contributed by atoms with Gasteiger partial charge in [0.2, 0.25) is 0 Å². The van der Waals surface area contributed by atoms with Crippen LogP contribution < -0.4 is 0 Å². The van der Waals surface area contributed by atoms with E-state index in [-0.39, 0.29) is 0 Å². The molecule has 1 aromatic carbocycles. The maximum Gasteiger partial charge on any atom is -0.000490 e. The Morgan fingerprint density at radius 1 is 1.25 bits per heavy atom. The van der Waals surface area contributed by atoms with Gasteiger partial charge in [0, 0.05) is 0 Å². The number of allylic oxidation sites excluding steroid dienone is 2. The van der Waals surface area contributed by atoms with Crippen LogP contribution in [0.1, 0.15) is 30.9 Å². The number of hydrogen-bond donors (Lipinski definition) is 0. The molecule has 0 N–H and O–H groups in total. The van der Waals surface area contributed by atoms with Crippen molar-refractivity contribution in [2.75, 3.05) is 0 Å². The average molecular weight is 158 g/mol. The van der Waals surface area contributed by atoms with Gasteiger partial charge in [-0.2, -0.15) is 0 Å². The summed E-state index contributed by atoms with van der Waals surface area (Å²) in [7, 11) is 0. The molecule has 0 amide bonds. The van der Waals surface area contributed by atoms with E-state index in [0.29, 0.717) is 5.92 Å². The molecule has 62 valence electrons. The van der Waals surface area contributed by atoms with Crippen LogP contribution in [0.5, 0.6) is 0 Å². The van der Waals surface area contributed by atoms with Gasteiger partial charge in [0.25, 0.3) is 0 Å². The molecule has 2 rings (SSSR count). The first-order chi connectivity index (χ1) is 5.77. The lowest BCUT2D eigenvalue weighted by Crippen LogP contribution is -2.04. The van der Waals surface area contributed by atoms with E-state index < -0.39 is 0 Å². The standard InChI is InChI=1S/C12H14/c1-9-7-10(2)12-6-4-3-5-11(12)8-9/h3-7,10H,8H2,1-2H3. The van der Waals surface area contributed by atoms with Crippen LogP contribution in [0.4, 0.5) is 0 Å². The van der Waals surface area contributed by atoms with E-state index in [1.54, 1.807) is 0 Å². The predicted octanol–water partition coefficient (Wildman–Crippen LogP) is 3.29. The van der Waals surface area contributed by atoms with Crippen LogP contribution in [-0.4, -0.2) is 0 Å². The van der Waals surface area contributed by atoms with E-state index in [9.17, 15) is 0 Å². The Morgan fingerprint density at radius 3 is 2.83 bits per heavy atom. The molecule has 1 unspecified atom stereocenters. The van der Waals surface area contributed by atoms with Crippen LogP contribution in [0.3, 0.4) is 0 Å². The summed E-state index contributed by atoms with van der Waals surface area (Å²) in [5.74, 6) is 0.606. The van der Waals surface area contributed by atoms with Crippen molar-refractivity contribution in [3.63, 3.8) is 0 Å². The van der Waals surface area contributed by atoms with Crippen LogP contribution >= 0.6 is 0 Å². The van der Waals surface area contributed by atoms with Crippen molar-refractivity contribution in [3.8, 4) is 0 Å².